The Morgan fingerprint density at radius 1 is 1.19 bits per heavy atom. The summed E-state index contributed by atoms with van der Waals surface area (Å²) < 4.78 is 16.9. The Hall–Kier alpha value is -3.52. The minimum absolute atomic E-state index is 0.0397. The molecule has 0 saturated carbocycles. The first-order chi connectivity index (χ1) is 15.0. The second-order valence-corrected chi connectivity index (χ2v) is 7.47. The van der Waals surface area contributed by atoms with Crippen LogP contribution in [0.1, 0.15) is 21.5 Å². The highest BCUT2D eigenvalue weighted by Gasteiger charge is 2.16. The van der Waals surface area contributed by atoms with Gasteiger partial charge in [0.1, 0.15) is 17.5 Å². The lowest BCUT2D eigenvalue weighted by Crippen LogP contribution is -2.28. The van der Waals surface area contributed by atoms with E-state index in [9.17, 15) is 14.0 Å². The van der Waals surface area contributed by atoms with E-state index >= 15 is 0 Å². The minimum atomic E-state index is -0.689. The first-order valence-electron chi connectivity index (χ1n) is 9.63. The van der Waals surface area contributed by atoms with Crippen molar-refractivity contribution in [2.45, 2.75) is 20.0 Å². The van der Waals surface area contributed by atoms with E-state index in [4.69, 9.17) is 11.6 Å². The molecule has 0 fully saturated rings. The van der Waals surface area contributed by atoms with E-state index in [1.165, 1.54) is 35.4 Å². The second-order valence-electron chi connectivity index (χ2n) is 7.06. The van der Waals surface area contributed by atoms with Gasteiger partial charge in [-0.15, -0.1) is 0 Å². The van der Waals surface area contributed by atoms with Gasteiger partial charge >= 0.3 is 0 Å². The number of carbonyl (C=O) groups is 1. The van der Waals surface area contributed by atoms with Crippen LogP contribution in [-0.2, 0) is 13.1 Å². The average Bonchev–Trinajstić information content (AvgIpc) is 3.15. The Morgan fingerprint density at radius 2 is 2.00 bits per heavy atom. The molecule has 4 aromatic rings. The summed E-state index contributed by atoms with van der Waals surface area (Å²) in [6.45, 7) is 2.83. The van der Waals surface area contributed by atoms with Crippen molar-refractivity contribution in [3.8, 4) is 0 Å². The summed E-state index contributed by atoms with van der Waals surface area (Å²) in [6.07, 6.45) is 2.96. The number of amides is 1. The summed E-state index contributed by atoms with van der Waals surface area (Å²) in [5, 5.41) is 7.26. The van der Waals surface area contributed by atoms with Crippen LogP contribution < -0.4 is 10.9 Å². The van der Waals surface area contributed by atoms with Crippen LogP contribution in [-0.4, -0.2) is 31.8 Å². The van der Waals surface area contributed by atoms with Gasteiger partial charge in [0, 0.05) is 6.54 Å². The van der Waals surface area contributed by atoms with Crippen molar-refractivity contribution in [2.24, 2.45) is 0 Å². The number of nitrogens with zero attached hydrogens (tertiary/aromatic N) is 4. The number of aromatic nitrogens is 4. The van der Waals surface area contributed by atoms with Gasteiger partial charge in [0.2, 0.25) is 0 Å². The summed E-state index contributed by atoms with van der Waals surface area (Å²) in [5.41, 5.74) is 2.15. The summed E-state index contributed by atoms with van der Waals surface area (Å²) >= 11 is 5.92. The summed E-state index contributed by atoms with van der Waals surface area (Å²) in [6, 6.07) is 11.9. The quantitative estimate of drug-likeness (QED) is 0.500. The molecule has 2 aromatic carbocycles. The lowest BCUT2D eigenvalue weighted by Gasteiger charge is -2.09. The topological polar surface area (TPSA) is 81.8 Å². The first-order valence-corrected chi connectivity index (χ1v) is 10.0. The Balaban J connectivity index is 1.48. The Bertz CT molecular complexity index is 1310. The lowest BCUT2D eigenvalue weighted by molar-refractivity contribution is 0.0948. The molecule has 31 heavy (non-hydrogen) atoms. The van der Waals surface area contributed by atoms with Crippen LogP contribution >= 0.6 is 11.6 Å². The third-order valence-electron chi connectivity index (χ3n) is 5.02. The predicted molar refractivity (Wildman–Crippen MR) is 116 cm³/mol. The SMILES string of the molecule is Cc1ccccc1Cn1cnc2c(cnn2CCNC(=O)c2c(F)cccc2Cl)c1=O. The van der Waals surface area contributed by atoms with Gasteiger partial charge < -0.3 is 5.32 Å². The minimum Gasteiger partial charge on any atom is -0.350 e. The maximum atomic E-state index is 13.9. The number of halogens is 2. The number of benzene rings is 2. The molecule has 0 bridgehead atoms. The molecule has 0 aliphatic carbocycles. The molecule has 0 saturated heterocycles. The van der Waals surface area contributed by atoms with Crippen LogP contribution in [0.3, 0.4) is 0 Å². The number of rotatable bonds is 6. The lowest BCUT2D eigenvalue weighted by atomic mass is 10.1. The molecule has 0 aliphatic heterocycles. The molecule has 7 nitrogen and oxygen atoms in total. The monoisotopic (exact) mass is 439 g/mol. The molecule has 2 aromatic heterocycles. The van der Waals surface area contributed by atoms with Gasteiger partial charge in [-0.3, -0.25) is 14.2 Å². The Labute approximate surface area is 182 Å². The highest BCUT2D eigenvalue weighted by molar-refractivity contribution is 6.33. The molecule has 0 unspecified atom stereocenters. The number of aryl methyl sites for hydroxylation is 1. The van der Waals surface area contributed by atoms with Gasteiger partial charge in [-0.25, -0.2) is 14.1 Å². The third-order valence-corrected chi connectivity index (χ3v) is 5.34. The molecule has 9 heteroatoms. The van der Waals surface area contributed by atoms with Gasteiger partial charge in [0.15, 0.2) is 5.65 Å². The summed E-state index contributed by atoms with van der Waals surface area (Å²) in [5.74, 6) is -1.31. The van der Waals surface area contributed by atoms with Crippen molar-refractivity contribution in [3.63, 3.8) is 0 Å². The summed E-state index contributed by atoms with van der Waals surface area (Å²) in [7, 11) is 0. The number of nitrogens with one attached hydrogen (secondary N) is 1. The van der Waals surface area contributed by atoms with Crippen molar-refractivity contribution < 1.29 is 9.18 Å². The number of carbonyl (C=O) groups excluding carboxylic acids is 1. The van der Waals surface area contributed by atoms with Gasteiger partial charge in [0.25, 0.3) is 11.5 Å². The van der Waals surface area contributed by atoms with E-state index in [2.05, 4.69) is 15.4 Å². The fraction of sp³-hybridized carbons (Fsp3) is 0.182. The zero-order chi connectivity index (χ0) is 22.0. The molecule has 2 heterocycles. The van der Waals surface area contributed by atoms with Gasteiger partial charge in [-0.05, 0) is 30.2 Å². The molecule has 158 valence electrons. The fourth-order valence-electron chi connectivity index (χ4n) is 3.32. The van der Waals surface area contributed by atoms with E-state index in [1.54, 1.807) is 4.57 Å². The van der Waals surface area contributed by atoms with E-state index < -0.39 is 11.7 Å². The standard InChI is InChI=1S/C22H19ClFN5O2/c1-14-5-2-3-6-15(14)12-28-13-26-20-16(22(28)31)11-27-29(20)10-9-25-21(30)19-17(23)7-4-8-18(19)24/h2-8,11,13H,9-10,12H2,1H3,(H,25,30). The van der Waals surface area contributed by atoms with Crippen molar-refractivity contribution in [1.29, 1.82) is 0 Å². The predicted octanol–water partition coefficient (Wildman–Crippen LogP) is 3.17. The molecule has 0 aliphatic rings. The fourth-order valence-corrected chi connectivity index (χ4v) is 3.57. The van der Waals surface area contributed by atoms with Crippen LogP contribution in [0.4, 0.5) is 4.39 Å². The zero-order valence-corrected chi connectivity index (χ0v) is 17.4. The molecule has 1 amide bonds. The highest BCUT2D eigenvalue weighted by atomic mass is 35.5. The van der Waals surface area contributed by atoms with Crippen molar-refractivity contribution in [1.82, 2.24) is 24.6 Å². The zero-order valence-electron chi connectivity index (χ0n) is 16.7. The van der Waals surface area contributed by atoms with E-state index in [-0.39, 0.29) is 29.2 Å². The highest BCUT2D eigenvalue weighted by Crippen LogP contribution is 2.18. The molecule has 1 N–H and O–H groups in total. The molecule has 0 radical (unpaired) electrons. The average molecular weight is 440 g/mol. The number of hydrogen-bond donors (Lipinski definition) is 1. The van der Waals surface area contributed by atoms with Crippen LogP contribution in [0.2, 0.25) is 5.02 Å². The molecular formula is C22H19ClFN5O2. The smallest absolute Gasteiger partial charge is 0.264 e. The first kappa shape index (κ1) is 20.7. The number of hydrogen-bond acceptors (Lipinski definition) is 4. The van der Waals surface area contributed by atoms with Crippen molar-refractivity contribution in [2.75, 3.05) is 6.54 Å². The molecule has 0 spiro atoms. The van der Waals surface area contributed by atoms with Gasteiger partial charge in [-0.2, -0.15) is 5.10 Å². The Kier molecular flexibility index (Phi) is 5.81. The van der Waals surface area contributed by atoms with E-state index in [0.717, 1.165) is 11.1 Å². The van der Waals surface area contributed by atoms with Gasteiger partial charge in [-0.1, -0.05) is 41.9 Å². The van der Waals surface area contributed by atoms with E-state index in [0.29, 0.717) is 17.6 Å². The maximum Gasteiger partial charge on any atom is 0.264 e. The molecule has 4 rings (SSSR count). The maximum absolute atomic E-state index is 13.9. The number of fused-ring (bicyclic) bond motifs is 1. The van der Waals surface area contributed by atoms with Gasteiger partial charge in [0.05, 0.1) is 29.9 Å². The van der Waals surface area contributed by atoms with E-state index in [1.807, 2.05) is 31.2 Å². The summed E-state index contributed by atoms with van der Waals surface area (Å²) in [4.78, 5) is 29.5. The third kappa shape index (κ3) is 4.20. The largest absolute Gasteiger partial charge is 0.350 e. The van der Waals surface area contributed by atoms with Crippen LogP contribution in [0, 0.1) is 12.7 Å². The van der Waals surface area contributed by atoms with Crippen molar-refractivity contribution >= 4 is 28.5 Å². The van der Waals surface area contributed by atoms with Crippen LogP contribution in [0.15, 0.2) is 59.8 Å². The van der Waals surface area contributed by atoms with Crippen molar-refractivity contribution in [3.05, 3.63) is 92.9 Å². The Morgan fingerprint density at radius 3 is 2.77 bits per heavy atom. The van der Waals surface area contributed by atoms with Crippen LogP contribution in [0.5, 0.6) is 0 Å². The normalized spacial score (nSPS) is 11.1. The van der Waals surface area contributed by atoms with Crippen LogP contribution in [0.25, 0.3) is 11.0 Å². The molecule has 0 atom stereocenters. The second kappa shape index (κ2) is 8.69. The molecular weight excluding hydrogens is 421 g/mol.